The van der Waals surface area contributed by atoms with E-state index in [1.165, 1.54) is 12.3 Å². The number of rotatable bonds is 6. The number of hydrogen-bond acceptors (Lipinski definition) is 4. The molecule has 2 heterocycles. The first-order valence-corrected chi connectivity index (χ1v) is 10.3. The Kier molecular flexibility index (Phi) is 5.18. The molecule has 1 N–H and O–H groups in total. The molecule has 2 saturated heterocycles. The van der Waals surface area contributed by atoms with Crippen molar-refractivity contribution in [3.63, 3.8) is 0 Å². The molecule has 0 aliphatic carbocycles. The minimum atomic E-state index is -3.15. The predicted molar refractivity (Wildman–Crippen MR) is 90.9 cm³/mol. The van der Waals surface area contributed by atoms with Gasteiger partial charge >= 0.3 is 0 Å². The van der Waals surface area contributed by atoms with Gasteiger partial charge in [0, 0.05) is 32.8 Å². The van der Waals surface area contributed by atoms with Gasteiger partial charge in [-0.3, -0.25) is 4.90 Å². The highest BCUT2D eigenvalue weighted by Gasteiger charge is 2.52. The molecule has 24 heavy (non-hydrogen) atoms. The second-order valence-electron chi connectivity index (χ2n) is 6.75. The van der Waals surface area contributed by atoms with Gasteiger partial charge in [0.25, 0.3) is 0 Å². The molecule has 1 aromatic carbocycles. The zero-order valence-electron chi connectivity index (χ0n) is 13.6. The molecular weight excluding hydrogens is 355 g/mol. The van der Waals surface area contributed by atoms with E-state index in [2.05, 4.69) is 9.62 Å². The lowest BCUT2D eigenvalue weighted by atomic mass is 9.79. The average molecular weight is 377 g/mol. The van der Waals surface area contributed by atoms with Crippen LogP contribution >= 0.6 is 11.6 Å². The van der Waals surface area contributed by atoms with Gasteiger partial charge in [-0.15, -0.1) is 0 Å². The van der Waals surface area contributed by atoms with Crippen LogP contribution in [0.1, 0.15) is 18.4 Å². The molecule has 0 amide bonds. The number of hydrogen-bond donors (Lipinski definition) is 1. The second kappa shape index (κ2) is 6.88. The Bertz CT molecular complexity index is 707. The molecule has 2 aliphatic rings. The zero-order valence-corrected chi connectivity index (χ0v) is 15.2. The maximum atomic E-state index is 13.5. The highest BCUT2D eigenvalue weighted by Crippen LogP contribution is 2.42. The summed E-state index contributed by atoms with van der Waals surface area (Å²) in [7, 11) is -3.15. The molecule has 1 spiro atoms. The summed E-state index contributed by atoms with van der Waals surface area (Å²) in [6, 6.07) is 4.88. The molecule has 8 heteroatoms. The first-order chi connectivity index (χ1) is 11.3. The van der Waals surface area contributed by atoms with Gasteiger partial charge < -0.3 is 4.74 Å². The number of sulfonamides is 1. The van der Waals surface area contributed by atoms with Crippen LogP contribution in [-0.4, -0.2) is 51.4 Å². The standard InChI is InChI=1S/C16H22ClFN2O3S/c1-24(21,22)19-6-4-13-5-7-23-16(13)10-20(11-16)9-12-2-3-14(17)15(18)8-12/h2-3,8,13,19H,4-7,9-11H2,1H3/t13-/m0/s1. The van der Waals surface area contributed by atoms with E-state index < -0.39 is 15.8 Å². The Morgan fingerprint density at radius 1 is 1.46 bits per heavy atom. The maximum Gasteiger partial charge on any atom is 0.208 e. The largest absolute Gasteiger partial charge is 0.372 e. The van der Waals surface area contributed by atoms with Crippen molar-refractivity contribution in [3.05, 3.63) is 34.6 Å². The fourth-order valence-corrected chi connectivity index (χ4v) is 4.29. The molecule has 1 aromatic rings. The molecule has 0 radical (unpaired) electrons. The fraction of sp³-hybridized carbons (Fsp3) is 0.625. The summed E-state index contributed by atoms with van der Waals surface area (Å²) in [5.74, 6) is -0.0452. The number of halogens is 2. The van der Waals surface area contributed by atoms with E-state index in [9.17, 15) is 12.8 Å². The molecule has 0 unspecified atom stereocenters. The monoisotopic (exact) mass is 376 g/mol. The van der Waals surface area contributed by atoms with E-state index in [0.29, 0.717) is 25.6 Å². The van der Waals surface area contributed by atoms with Crippen molar-refractivity contribution < 1.29 is 17.5 Å². The summed E-state index contributed by atoms with van der Waals surface area (Å²) in [5, 5.41) is 0.136. The summed E-state index contributed by atoms with van der Waals surface area (Å²) in [6.07, 6.45) is 2.90. The van der Waals surface area contributed by atoms with Crippen molar-refractivity contribution in [3.8, 4) is 0 Å². The van der Waals surface area contributed by atoms with Crippen LogP contribution in [0.5, 0.6) is 0 Å². The van der Waals surface area contributed by atoms with Gasteiger partial charge in [-0.05, 0) is 36.5 Å². The average Bonchev–Trinajstić information content (AvgIpc) is 2.85. The third-order valence-corrected chi connectivity index (χ3v) is 5.86. The van der Waals surface area contributed by atoms with Crippen LogP contribution in [0.15, 0.2) is 18.2 Å². The fourth-order valence-electron chi connectivity index (χ4n) is 3.68. The quantitative estimate of drug-likeness (QED) is 0.825. The number of ether oxygens (including phenoxy) is 1. The lowest BCUT2D eigenvalue weighted by Crippen LogP contribution is -2.64. The van der Waals surface area contributed by atoms with Crippen LogP contribution in [-0.2, 0) is 21.3 Å². The van der Waals surface area contributed by atoms with Gasteiger partial charge in [0.05, 0.1) is 16.9 Å². The molecule has 0 saturated carbocycles. The van der Waals surface area contributed by atoms with E-state index in [-0.39, 0.29) is 10.6 Å². The van der Waals surface area contributed by atoms with Crippen molar-refractivity contribution in [2.24, 2.45) is 5.92 Å². The van der Waals surface area contributed by atoms with E-state index >= 15 is 0 Å². The van der Waals surface area contributed by atoms with Gasteiger partial charge in [-0.1, -0.05) is 17.7 Å². The van der Waals surface area contributed by atoms with E-state index in [1.807, 2.05) is 6.07 Å². The van der Waals surface area contributed by atoms with Crippen molar-refractivity contribution in [1.29, 1.82) is 0 Å². The van der Waals surface area contributed by atoms with E-state index in [1.54, 1.807) is 6.07 Å². The molecule has 5 nitrogen and oxygen atoms in total. The molecule has 134 valence electrons. The van der Waals surface area contributed by atoms with Crippen LogP contribution in [0.25, 0.3) is 0 Å². The van der Waals surface area contributed by atoms with Crippen molar-refractivity contribution >= 4 is 21.6 Å². The Labute approximate surface area is 147 Å². The molecule has 1 atom stereocenters. The van der Waals surface area contributed by atoms with Crippen molar-refractivity contribution in [2.75, 3.05) is 32.5 Å². The van der Waals surface area contributed by atoms with Crippen LogP contribution in [0, 0.1) is 11.7 Å². The van der Waals surface area contributed by atoms with Gasteiger partial charge in [-0.2, -0.15) is 0 Å². The zero-order chi connectivity index (χ0) is 17.4. The van der Waals surface area contributed by atoms with Crippen LogP contribution in [0.2, 0.25) is 5.02 Å². The van der Waals surface area contributed by atoms with Gasteiger partial charge in [0.2, 0.25) is 10.0 Å². The lowest BCUT2D eigenvalue weighted by Gasteiger charge is -2.50. The number of likely N-dealkylation sites (tertiary alicyclic amines) is 1. The Morgan fingerprint density at radius 3 is 2.88 bits per heavy atom. The summed E-state index contributed by atoms with van der Waals surface area (Å²) in [5.41, 5.74) is 0.712. The van der Waals surface area contributed by atoms with Gasteiger partial charge in [0.1, 0.15) is 5.82 Å². The minimum Gasteiger partial charge on any atom is -0.372 e. The highest BCUT2D eigenvalue weighted by atomic mass is 35.5. The Hall–Kier alpha value is -0.730. The summed E-state index contributed by atoms with van der Waals surface area (Å²) in [4.78, 5) is 2.21. The summed E-state index contributed by atoms with van der Waals surface area (Å²) < 4.78 is 44.4. The van der Waals surface area contributed by atoms with E-state index in [4.69, 9.17) is 16.3 Å². The highest BCUT2D eigenvalue weighted by molar-refractivity contribution is 7.88. The van der Waals surface area contributed by atoms with Gasteiger partial charge in [-0.25, -0.2) is 17.5 Å². The lowest BCUT2D eigenvalue weighted by molar-refractivity contribution is -0.136. The van der Waals surface area contributed by atoms with Crippen LogP contribution < -0.4 is 4.72 Å². The summed E-state index contributed by atoms with van der Waals surface area (Å²) >= 11 is 5.71. The maximum absolute atomic E-state index is 13.5. The minimum absolute atomic E-state index is 0.136. The SMILES string of the molecule is CS(=O)(=O)NCC[C@H]1CCOC12CN(Cc1ccc(Cl)c(F)c1)C2. The third-order valence-electron chi connectivity index (χ3n) is 4.83. The van der Waals surface area contributed by atoms with E-state index in [0.717, 1.165) is 31.5 Å². The van der Waals surface area contributed by atoms with Crippen LogP contribution in [0.3, 0.4) is 0 Å². The molecule has 2 aliphatic heterocycles. The smallest absolute Gasteiger partial charge is 0.208 e. The molecule has 0 bridgehead atoms. The Balaban J connectivity index is 1.52. The molecular formula is C16H22ClFN2O3S. The molecule has 2 fully saturated rings. The first kappa shape index (κ1) is 18.1. The number of nitrogens with one attached hydrogen (secondary N) is 1. The van der Waals surface area contributed by atoms with Gasteiger partial charge in [0.15, 0.2) is 0 Å². The normalized spacial score (nSPS) is 23.5. The predicted octanol–water partition coefficient (Wildman–Crippen LogP) is 2.01. The molecule has 3 rings (SSSR count). The van der Waals surface area contributed by atoms with Crippen molar-refractivity contribution in [2.45, 2.75) is 25.0 Å². The number of benzene rings is 1. The Morgan fingerprint density at radius 2 is 2.21 bits per heavy atom. The third kappa shape index (κ3) is 4.08. The topological polar surface area (TPSA) is 58.6 Å². The summed E-state index contributed by atoms with van der Waals surface area (Å²) in [6.45, 7) is 3.40. The van der Waals surface area contributed by atoms with Crippen molar-refractivity contribution in [1.82, 2.24) is 9.62 Å². The first-order valence-electron chi connectivity index (χ1n) is 8.02. The second-order valence-corrected chi connectivity index (χ2v) is 8.99. The number of nitrogens with zero attached hydrogens (tertiary/aromatic N) is 1. The molecule has 0 aromatic heterocycles. The van der Waals surface area contributed by atoms with Crippen LogP contribution in [0.4, 0.5) is 4.39 Å².